The van der Waals surface area contributed by atoms with Gasteiger partial charge in [-0.05, 0) is 36.8 Å². The Balaban J connectivity index is 1.59. The Morgan fingerprint density at radius 1 is 1.19 bits per heavy atom. The molecule has 0 aliphatic rings. The molecule has 0 radical (unpaired) electrons. The van der Waals surface area contributed by atoms with Gasteiger partial charge in [-0.1, -0.05) is 12.1 Å². The molecule has 26 heavy (non-hydrogen) atoms. The second-order valence-corrected chi connectivity index (χ2v) is 5.66. The Labute approximate surface area is 151 Å². The number of carbonyl (C=O) groups is 1. The molecule has 1 aromatic carbocycles. The maximum Gasteiger partial charge on any atom is 0.258 e. The number of hydrogen-bond donors (Lipinski definition) is 1. The minimum absolute atomic E-state index is 0.100. The van der Waals surface area contributed by atoms with Crippen LogP contribution in [0.15, 0.2) is 55.0 Å². The molecule has 0 saturated carbocycles. The van der Waals surface area contributed by atoms with Gasteiger partial charge < -0.3 is 14.8 Å². The quantitative estimate of drug-likeness (QED) is 0.706. The van der Waals surface area contributed by atoms with Crippen LogP contribution >= 0.6 is 0 Å². The number of rotatable bonds is 7. The number of aromatic nitrogens is 3. The lowest BCUT2D eigenvalue weighted by atomic mass is 10.2. The van der Waals surface area contributed by atoms with Gasteiger partial charge in [-0.25, -0.2) is 9.67 Å². The molecule has 134 valence electrons. The van der Waals surface area contributed by atoms with E-state index < -0.39 is 0 Å². The molecule has 2 heterocycles. The van der Waals surface area contributed by atoms with Crippen molar-refractivity contribution in [2.24, 2.45) is 0 Å². The highest BCUT2D eigenvalue weighted by Crippen LogP contribution is 2.27. The first-order valence-electron chi connectivity index (χ1n) is 8.15. The van der Waals surface area contributed by atoms with Crippen LogP contribution in [-0.4, -0.2) is 34.4 Å². The molecule has 1 N–H and O–H groups in total. The first-order valence-corrected chi connectivity index (χ1v) is 8.15. The van der Waals surface area contributed by atoms with Crippen molar-refractivity contribution < 1.29 is 14.3 Å². The van der Waals surface area contributed by atoms with E-state index in [4.69, 9.17) is 9.47 Å². The van der Waals surface area contributed by atoms with E-state index in [9.17, 15) is 4.79 Å². The lowest BCUT2D eigenvalue weighted by molar-refractivity contribution is -0.123. The molecular weight excluding hydrogens is 332 g/mol. The van der Waals surface area contributed by atoms with E-state index in [1.54, 1.807) is 36.4 Å². The molecule has 7 nitrogen and oxygen atoms in total. The maximum atomic E-state index is 12.1. The zero-order chi connectivity index (χ0) is 18.4. The fraction of sp³-hybridized carbons (Fsp3) is 0.211. The van der Waals surface area contributed by atoms with Gasteiger partial charge in [0.1, 0.15) is 0 Å². The average molecular weight is 352 g/mol. The largest absolute Gasteiger partial charge is 0.493 e. The highest BCUT2D eigenvalue weighted by atomic mass is 16.5. The van der Waals surface area contributed by atoms with E-state index in [1.807, 2.05) is 37.3 Å². The third-order valence-corrected chi connectivity index (χ3v) is 3.74. The van der Waals surface area contributed by atoms with Crippen molar-refractivity contribution in [1.29, 1.82) is 0 Å². The molecule has 0 spiro atoms. The Morgan fingerprint density at radius 2 is 2.08 bits per heavy atom. The highest BCUT2D eigenvalue weighted by molar-refractivity contribution is 5.77. The van der Waals surface area contributed by atoms with Crippen LogP contribution in [0.25, 0.3) is 5.82 Å². The van der Waals surface area contributed by atoms with Gasteiger partial charge in [0.25, 0.3) is 5.91 Å². The van der Waals surface area contributed by atoms with Crippen LogP contribution in [0.1, 0.15) is 11.1 Å². The molecule has 0 unspecified atom stereocenters. The number of amides is 1. The summed E-state index contributed by atoms with van der Waals surface area (Å²) < 4.78 is 12.5. The van der Waals surface area contributed by atoms with E-state index in [0.717, 1.165) is 11.1 Å². The van der Waals surface area contributed by atoms with E-state index in [0.29, 0.717) is 23.9 Å². The molecule has 0 fully saturated rings. The van der Waals surface area contributed by atoms with E-state index >= 15 is 0 Å². The predicted octanol–water partition coefficient (Wildman–Crippen LogP) is 2.28. The van der Waals surface area contributed by atoms with Crippen molar-refractivity contribution in [2.45, 2.75) is 13.5 Å². The van der Waals surface area contributed by atoms with E-state index in [2.05, 4.69) is 15.4 Å². The summed E-state index contributed by atoms with van der Waals surface area (Å²) in [6, 6.07) is 11.1. The third-order valence-electron chi connectivity index (χ3n) is 3.74. The van der Waals surface area contributed by atoms with Crippen molar-refractivity contribution >= 4 is 5.91 Å². The average Bonchev–Trinajstić information content (AvgIpc) is 3.20. The summed E-state index contributed by atoms with van der Waals surface area (Å²) in [5.41, 5.74) is 1.92. The van der Waals surface area contributed by atoms with Gasteiger partial charge in [0.2, 0.25) is 0 Å². The van der Waals surface area contributed by atoms with Gasteiger partial charge in [-0.15, -0.1) is 0 Å². The summed E-state index contributed by atoms with van der Waals surface area (Å²) in [5.74, 6) is 1.58. The first kappa shape index (κ1) is 17.5. The molecule has 0 atom stereocenters. The predicted molar refractivity (Wildman–Crippen MR) is 96.4 cm³/mol. The first-order chi connectivity index (χ1) is 12.7. The second-order valence-electron chi connectivity index (χ2n) is 5.66. The topological polar surface area (TPSA) is 78.3 Å². The number of nitrogens with zero attached hydrogens (tertiary/aromatic N) is 3. The Hall–Kier alpha value is -3.35. The van der Waals surface area contributed by atoms with E-state index in [1.165, 1.54) is 0 Å². The van der Waals surface area contributed by atoms with Gasteiger partial charge >= 0.3 is 0 Å². The molecule has 0 aliphatic heterocycles. The van der Waals surface area contributed by atoms with Crippen LogP contribution in [-0.2, 0) is 11.3 Å². The number of pyridine rings is 1. The van der Waals surface area contributed by atoms with Crippen LogP contribution in [0, 0.1) is 6.92 Å². The highest BCUT2D eigenvalue weighted by Gasteiger charge is 2.10. The number of benzene rings is 1. The molecule has 3 aromatic rings. The molecule has 7 heteroatoms. The van der Waals surface area contributed by atoms with Crippen LogP contribution in [0.4, 0.5) is 0 Å². The van der Waals surface area contributed by atoms with Crippen LogP contribution < -0.4 is 14.8 Å². The number of methoxy groups -OCH3 is 1. The molecule has 1 amide bonds. The van der Waals surface area contributed by atoms with Crippen molar-refractivity contribution in [3.05, 3.63) is 66.1 Å². The van der Waals surface area contributed by atoms with Gasteiger partial charge in [-0.2, -0.15) is 5.10 Å². The minimum Gasteiger partial charge on any atom is -0.493 e. The Bertz CT molecular complexity index is 878. The second kappa shape index (κ2) is 8.15. The van der Waals surface area contributed by atoms with Crippen LogP contribution in [0.5, 0.6) is 11.5 Å². The van der Waals surface area contributed by atoms with Crippen molar-refractivity contribution in [3.63, 3.8) is 0 Å². The number of hydrogen-bond acceptors (Lipinski definition) is 5. The summed E-state index contributed by atoms with van der Waals surface area (Å²) in [6.45, 7) is 2.19. The maximum absolute atomic E-state index is 12.1. The number of carbonyl (C=O) groups excluding carboxylic acids is 1. The molecule has 0 aliphatic carbocycles. The number of nitrogens with one attached hydrogen (secondary N) is 1. The third kappa shape index (κ3) is 4.18. The monoisotopic (exact) mass is 352 g/mol. The molecular formula is C19H20N4O3. The normalized spacial score (nSPS) is 10.4. The zero-order valence-electron chi connectivity index (χ0n) is 14.7. The minimum atomic E-state index is -0.233. The molecule has 2 aromatic heterocycles. The van der Waals surface area contributed by atoms with Crippen LogP contribution in [0.3, 0.4) is 0 Å². The van der Waals surface area contributed by atoms with E-state index in [-0.39, 0.29) is 12.5 Å². The molecule has 0 saturated heterocycles. The van der Waals surface area contributed by atoms with Crippen molar-refractivity contribution in [1.82, 2.24) is 20.1 Å². The lowest BCUT2D eigenvalue weighted by Crippen LogP contribution is -2.29. The SMILES string of the molecule is COc1cc(C)ccc1OCC(=O)NCc1cccnc1-n1cccn1. The van der Waals surface area contributed by atoms with Crippen LogP contribution in [0.2, 0.25) is 0 Å². The fourth-order valence-corrected chi connectivity index (χ4v) is 2.45. The Morgan fingerprint density at radius 3 is 2.85 bits per heavy atom. The van der Waals surface area contributed by atoms with Gasteiger partial charge in [0.05, 0.1) is 7.11 Å². The molecule has 3 rings (SSSR count). The molecule has 0 bridgehead atoms. The zero-order valence-corrected chi connectivity index (χ0v) is 14.7. The summed E-state index contributed by atoms with van der Waals surface area (Å²) >= 11 is 0. The van der Waals surface area contributed by atoms with Crippen molar-refractivity contribution in [2.75, 3.05) is 13.7 Å². The number of aryl methyl sites for hydroxylation is 1. The van der Waals surface area contributed by atoms with Gasteiger partial charge in [-0.3, -0.25) is 4.79 Å². The number of ether oxygens (including phenoxy) is 2. The summed E-state index contributed by atoms with van der Waals surface area (Å²) in [5, 5.41) is 7.01. The van der Waals surface area contributed by atoms with Crippen molar-refractivity contribution in [3.8, 4) is 17.3 Å². The Kier molecular flexibility index (Phi) is 5.48. The fourth-order valence-electron chi connectivity index (χ4n) is 2.45. The lowest BCUT2D eigenvalue weighted by Gasteiger charge is -2.12. The summed E-state index contributed by atoms with van der Waals surface area (Å²) in [4.78, 5) is 16.5. The summed E-state index contributed by atoms with van der Waals surface area (Å²) in [6.07, 6.45) is 5.18. The summed E-state index contributed by atoms with van der Waals surface area (Å²) in [7, 11) is 1.57. The standard InChI is InChI=1S/C19H20N4O3/c1-14-6-7-16(17(11-14)25-2)26-13-18(24)21-12-15-5-3-8-20-19(15)23-10-4-9-22-23/h3-11H,12-13H2,1-2H3,(H,21,24). The van der Waals surface area contributed by atoms with Gasteiger partial charge in [0.15, 0.2) is 23.9 Å². The smallest absolute Gasteiger partial charge is 0.258 e. The van der Waals surface area contributed by atoms with Gasteiger partial charge in [0, 0.05) is 30.7 Å².